The van der Waals surface area contributed by atoms with E-state index in [-0.39, 0.29) is 24.4 Å². The molecule has 1 saturated heterocycles. The van der Waals surface area contributed by atoms with Crippen LogP contribution in [0.5, 0.6) is 0 Å². The van der Waals surface area contributed by atoms with Crippen molar-refractivity contribution in [2.24, 2.45) is 0 Å². The maximum Gasteiger partial charge on any atom is 0.289 e. The lowest BCUT2D eigenvalue weighted by atomic mass is 10.0. The van der Waals surface area contributed by atoms with Crippen LogP contribution in [0, 0.1) is 0 Å². The van der Waals surface area contributed by atoms with Crippen LogP contribution in [0.25, 0.3) is 0 Å². The van der Waals surface area contributed by atoms with E-state index in [0.29, 0.717) is 11.8 Å². The van der Waals surface area contributed by atoms with E-state index in [9.17, 15) is 4.79 Å². The smallest absolute Gasteiger partial charge is 0.289 e. The maximum atomic E-state index is 12.5. The molecule has 5 heteroatoms. The second-order valence-corrected chi connectivity index (χ2v) is 6.58. The first-order valence-corrected chi connectivity index (χ1v) is 8.79. The summed E-state index contributed by atoms with van der Waals surface area (Å²) in [6, 6.07) is 14.7. The number of hydrogen-bond acceptors (Lipinski definition) is 3. The lowest BCUT2D eigenvalue weighted by Gasteiger charge is -2.44. The minimum atomic E-state index is 0. The molecule has 136 valence electrons. The minimum Gasteiger partial charge on any atom is -0.459 e. The van der Waals surface area contributed by atoms with Gasteiger partial charge in [-0.1, -0.05) is 30.3 Å². The summed E-state index contributed by atoms with van der Waals surface area (Å²) in [6.07, 6.45) is 3.81. The van der Waals surface area contributed by atoms with Crippen LogP contribution in [0.15, 0.2) is 53.1 Å². The van der Waals surface area contributed by atoms with Gasteiger partial charge < -0.3 is 9.32 Å². The van der Waals surface area contributed by atoms with Gasteiger partial charge in [0.2, 0.25) is 0 Å². The number of rotatable bonds is 5. The van der Waals surface area contributed by atoms with E-state index in [1.165, 1.54) is 5.56 Å². The van der Waals surface area contributed by atoms with Crippen molar-refractivity contribution in [1.82, 2.24) is 9.80 Å². The standard InChI is InChI=1S/C20H26N2O2.ClH/c1-16-17(2)22(20(23)19-11-7-15-24-19)14-13-21(16)12-6-10-18-8-4-3-5-9-18;/h3-5,7-9,11,15-17H,6,10,12-14H2,1-2H3;1H/t16-,17-;/m0./s1. The molecule has 1 aliphatic heterocycles. The molecule has 0 spiro atoms. The van der Waals surface area contributed by atoms with Gasteiger partial charge in [-0.15, -0.1) is 12.4 Å². The first-order valence-electron chi connectivity index (χ1n) is 8.79. The number of amides is 1. The van der Waals surface area contributed by atoms with Crippen molar-refractivity contribution < 1.29 is 9.21 Å². The Kier molecular flexibility index (Phi) is 7.09. The van der Waals surface area contributed by atoms with E-state index < -0.39 is 0 Å². The van der Waals surface area contributed by atoms with Gasteiger partial charge in [-0.3, -0.25) is 9.69 Å². The fourth-order valence-electron chi connectivity index (χ4n) is 3.48. The summed E-state index contributed by atoms with van der Waals surface area (Å²) in [6.45, 7) is 7.11. The lowest BCUT2D eigenvalue weighted by molar-refractivity contribution is 0.0253. The van der Waals surface area contributed by atoms with Crippen LogP contribution in [0.2, 0.25) is 0 Å². The zero-order valence-corrected chi connectivity index (χ0v) is 15.7. The van der Waals surface area contributed by atoms with E-state index in [4.69, 9.17) is 4.42 Å². The molecular weight excluding hydrogens is 336 g/mol. The summed E-state index contributed by atoms with van der Waals surface area (Å²) >= 11 is 0. The van der Waals surface area contributed by atoms with E-state index in [1.807, 2.05) is 4.90 Å². The highest BCUT2D eigenvalue weighted by Gasteiger charge is 2.34. The zero-order valence-electron chi connectivity index (χ0n) is 14.9. The second kappa shape index (κ2) is 9.07. The topological polar surface area (TPSA) is 36.7 Å². The van der Waals surface area contributed by atoms with Crippen LogP contribution < -0.4 is 0 Å². The molecule has 2 aromatic rings. The monoisotopic (exact) mass is 362 g/mol. The van der Waals surface area contributed by atoms with Gasteiger partial charge in [0.15, 0.2) is 5.76 Å². The van der Waals surface area contributed by atoms with Gasteiger partial charge in [0.1, 0.15) is 0 Å². The number of furan rings is 1. The second-order valence-electron chi connectivity index (χ2n) is 6.58. The number of nitrogens with zero attached hydrogens (tertiary/aromatic N) is 2. The van der Waals surface area contributed by atoms with Crippen LogP contribution in [-0.4, -0.2) is 47.4 Å². The van der Waals surface area contributed by atoms with Crippen molar-refractivity contribution in [1.29, 1.82) is 0 Å². The van der Waals surface area contributed by atoms with E-state index in [1.54, 1.807) is 18.4 Å². The van der Waals surface area contributed by atoms with Crippen LogP contribution in [0.4, 0.5) is 0 Å². The molecule has 25 heavy (non-hydrogen) atoms. The number of carbonyl (C=O) groups excluding carboxylic acids is 1. The number of halogens is 1. The Bertz CT molecular complexity index is 645. The first kappa shape index (κ1) is 19.5. The molecule has 1 fully saturated rings. The largest absolute Gasteiger partial charge is 0.459 e. The molecule has 0 saturated carbocycles. The molecule has 0 aliphatic carbocycles. The van der Waals surface area contributed by atoms with E-state index >= 15 is 0 Å². The highest BCUT2D eigenvalue weighted by Crippen LogP contribution is 2.20. The van der Waals surface area contributed by atoms with Crippen LogP contribution in [0.1, 0.15) is 36.4 Å². The lowest BCUT2D eigenvalue weighted by Crippen LogP contribution is -2.58. The van der Waals surface area contributed by atoms with Crippen molar-refractivity contribution in [2.75, 3.05) is 19.6 Å². The fourth-order valence-corrected chi connectivity index (χ4v) is 3.48. The van der Waals surface area contributed by atoms with Crippen molar-refractivity contribution in [2.45, 2.75) is 38.8 Å². The number of piperazine rings is 1. The summed E-state index contributed by atoms with van der Waals surface area (Å²) in [5, 5.41) is 0. The Hall–Kier alpha value is -1.78. The summed E-state index contributed by atoms with van der Waals surface area (Å²) in [5.41, 5.74) is 1.39. The Morgan fingerprint density at radius 2 is 1.84 bits per heavy atom. The zero-order chi connectivity index (χ0) is 16.9. The minimum absolute atomic E-state index is 0. The van der Waals surface area contributed by atoms with Gasteiger partial charge in [-0.25, -0.2) is 0 Å². The maximum absolute atomic E-state index is 12.5. The predicted molar refractivity (Wildman–Crippen MR) is 102 cm³/mol. The van der Waals surface area contributed by atoms with Gasteiger partial charge in [0, 0.05) is 25.2 Å². The highest BCUT2D eigenvalue weighted by molar-refractivity contribution is 5.91. The number of hydrogen-bond donors (Lipinski definition) is 0. The fraction of sp³-hybridized carbons (Fsp3) is 0.450. The first-order chi connectivity index (χ1) is 11.7. The van der Waals surface area contributed by atoms with Gasteiger partial charge >= 0.3 is 0 Å². The van der Waals surface area contributed by atoms with Crippen molar-refractivity contribution in [3.05, 3.63) is 60.1 Å². The molecule has 1 aromatic carbocycles. The summed E-state index contributed by atoms with van der Waals surface area (Å²) in [5.74, 6) is 0.440. The molecule has 0 bridgehead atoms. The summed E-state index contributed by atoms with van der Waals surface area (Å²) < 4.78 is 5.27. The van der Waals surface area contributed by atoms with E-state index in [0.717, 1.165) is 32.5 Å². The Labute approximate surface area is 156 Å². The molecular formula is C20H27ClN2O2. The molecule has 4 nitrogen and oxygen atoms in total. The molecule has 1 aliphatic rings. The molecule has 0 unspecified atom stereocenters. The van der Waals surface area contributed by atoms with Crippen molar-refractivity contribution in [3.8, 4) is 0 Å². The van der Waals surface area contributed by atoms with Gasteiger partial charge in [0.05, 0.1) is 6.26 Å². The Balaban J connectivity index is 0.00000225. The number of carbonyl (C=O) groups is 1. The number of aryl methyl sites for hydroxylation is 1. The molecule has 2 atom stereocenters. The SMILES string of the molecule is C[C@H]1[C@H](C)N(C(=O)c2ccco2)CCN1CCCc1ccccc1.Cl. The molecule has 1 amide bonds. The third-order valence-electron chi connectivity index (χ3n) is 5.14. The summed E-state index contributed by atoms with van der Waals surface area (Å²) in [4.78, 5) is 17.0. The average molecular weight is 363 g/mol. The van der Waals surface area contributed by atoms with Crippen molar-refractivity contribution >= 4 is 18.3 Å². The molecule has 2 heterocycles. The van der Waals surface area contributed by atoms with Crippen LogP contribution in [-0.2, 0) is 6.42 Å². The van der Waals surface area contributed by atoms with Gasteiger partial charge in [-0.2, -0.15) is 0 Å². The number of benzene rings is 1. The van der Waals surface area contributed by atoms with E-state index in [2.05, 4.69) is 49.1 Å². The highest BCUT2D eigenvalue weighted by atomic mass is 35.5. The molecule has 3 rings (SSSR count). The summed E-state index contributed by atoms with van der Waals surface area (Å²) in [7, 11) is 0. The molecule has 1 aromatic heterocycles. The van der Waals surface area contributed by atoms with Crippen LogP contribution in [0.3, 0.4) is 0 Å². The molecule has 0 radical (unpaired) electrons. The Morgan fingerprint density at radius 3 is 2.52 bits per heavy atom. The van der Waals surface area contributed by atoms with Gasteiger partial charge in [0.25, 0.3) is 5.91 Å². The normalized spacial score (nSPS) is 21.0. The predicted octanol–water partition coefficient (Wildman–Crippen LogP) is 3.87. The average Bonchev–Trinajstić information content (AvgIpc) is 3.14. The van der Waals surface area contributed by atoms with Gasteiger partial charge in [-0.05, 0) is 50.9 Å². The quantitative estimate of drug-likeness (QED) is 0.810. The van der Waals surface area contributed by atoms with Crippen molar-refractivity contribution in [3.63, 3.8) is 0 Å². The Morgan fingerprint density at radius 1 is 1.08 bits per heavy atom. The third kappa shape index (κ3) is 4.65. The molecule has 0 N–H and O–H groups in total. The van der Waals surface area contributed by atoms with Crippen LogP contribution >= 0.6 is 12.4 Å². The third-order valence-corrected chi connectivity index (χ3v) is 5.14.